The highest BCUT2D eigenvalue weighted by Crippen LogP contribution is 2.07. The number of hydrogen-bond acceptors (Lipinski definition) is 3. The van der Waals surface area contributed by atoms with E-state index in [4.69, 9.17) is 5.11 Å². The molecule has 0 unspecified atom stereocenters. The third-order valence-electron chi connectivity index (χ3n) is 2.29. The summed E-state index contributed by atoms with van der Waals surface area (Å²) in [6, 6.07) is 6.27. The number of carbonyl (C=O) groups excluding carboxylic acids is 1. The van der Waals surface area contributed by atoms with Crippen LogP contribution in [0.2, 0.25) is 0 Å². The van der Waals surface area contributed by atoms with Gasteiger partial charge in [-0.25, -0.2) is 9.78 Å². The molecular weight excluding hydrogens is 234 g/mol. The number of amides is 1. The van der Waals surface area contributed by atoms with E-state index in [1.54, 1.807) is 18.3 Å². The van der Waals surface area contributed by atoms with Crippen molar-refractivity contribution in [3.63, 3.8) is 0 Å². The standard InChI is InChI=1S/C12H11N3O3/c16-11(7-9-2-1-4-13-9)15-10-6-8(12(17)18)3-5-14-10/h1-6,13H,7H2,(H,17,18)(H,14,15,16). The van der Waals surface area contributed by atoms with Gasteiger partial charge in [0.15, 0.2) is 0 Å². The van der Waals surface area contributed by atoms with E-state index in [1.165, 1.54) is 18.3 Å². The van der Waals surface area contributed by atoms with Gasteiger partial charge in [-0.05, 0) is 24.3 Å². The summed E-state index contributed by atoms with van der Waals surface area (Å²) >= 11 is 0. The van der Waals surface area contributed by atoms with E-state index in [9.17, 15) is 9.59 Å². The Morgan fingerprint density at radius 1 is 1.39 bits per heavy atom. The maximum Gasteiger partial charge on any atom is 0.335 e. The summed E-state index contributed by atoms with van der Waals surface area (Å²) in [5.41, 5.74) is 0.863. The fraction of sp³-hybridized carbons (Fsp3) is 0.0833. The molecule has 6 nitrogen and oxygen atoms in total. The Bertz CT molecular complexity index is 564. The Kier molecular flexibility index (Phi) is 3.38. The van der Waals surface area contributed by atoms with Crippen LogP contribution in [0.15, 0.2) is 36.7 Å². The first-order chi connectivity index (χ1) is 8.65. The lowest BCUT2D eigenvalue weighted by molar-refractivity contribution is -0.115. The number of H-pyrrole nitrogens is 1. The van der Waals surface area contributed by atoms with Crippen LogP contribution in [0, 0.1) is 0 Å². The highest BCUT2D eigenvalue weighted by atomic mass is 16.4. The molecule has 0 fully saturated rings. The molecule has 0 aliphatic carbocycles. The summed E-state index contributed by atoms with van der Waals surface area (Å²) in [6.45, 7) is 0. The number of hydrogen-bond donors (Lipinski definition) is 3. The van der Waals surface area contributed by atoms with Gasteiger partial charge < -0.3 is 15.4 Å². The molecular formula is C12H11N3O3. The molecule has 0 bridgehead atoms. The summed E-state index contributed by atoms with van der Waals surface area (Å²) in [5, 5.41) is 11.3. The molecule has 6 heteroatoms. The van der Waals surface area contributed by atoms with Gasteiger partial charge in [-0.1, -0.05) is 0 Å². The molecule has 2 aromatic rings. The molecule has 18 heavy (non-hydrogen) atoms. The molecule has 0 aliphatic heterocycles. The summed E-state index contributed by atoms with van der Waals surface area (Å²) in [6.07, 6.45) is 3.26. The number of pyridine rings is 1. The van der Waals surface area contributed by atoms with Gasteiger partial charge in [0.2, 0.25) is 5.91 Å². The van der Waals surface area contributed by atoms with Crippen LogP contribution in [-0.4, -0.2) is 27.0 Å². The van der Waals surface area contributed by atoms with Crippen LogP contribution in [0.4, 0.5) is 5.82 Å². The maximum atomic E-state index is 11.6. The number of aromatic carboxylic acids is 1. The van der Waals surface area contributed by atoms with Crippen LogP contribution in [0.3, 0.4) is 0 Å². The molecule has 0 spiro atoms. The van der Waals surface area contributed by atoms with Crippen molar-refractivity contribution in [3.05, 3.63) is 47.9 Å². The van der Waals surface area contributed by atoms with E-state index >= 15 is 0 Å². The van der Waals surface area contributed by atoms with Gasteiger partial charge in [0.1, 0.15) is 5.82 Å². The van der Waals surface area contributed by atoms with E-state index in [-0.39, 0.29) is 23.7 Å². The van der Waals surface area contributed by atoms with E-state index in [2.05, 4.69) is 15.3 Å². The van der Waals surface area contributed by atoms with Crippen molar-refractivity contribution in [2.75, 3.05) is 5.32 Å². The molecule has 1 amide bonds. The second-order valence-corrected chi connectivity index (χ2v) is 3.66. The average Bonchev–Trinajstić information content (AvgIpc) is 2.82. The Labute approximate surface area is 103 Å². The van der Waals surface area contributed by atoms with E-state index in [1.807, 2.05) is 0 Å². The van der Waals surface area contributed by atoms with Crippen molar-refractivity contribution in [1.29, 1.82) is 0 Å². The van der Waals surface area contributed by atoms with Gasteiger partial charge in [0.25, 0.3) is 0 Å². The number of aromatic amines is 1. The zero-order chi connectivity index (χ0) is 13.0. The second-order valence-electron chi connectivity index (χ2n) is 3.66. The lowest BCUT2D eigenvalue weighted by Gasteiger charge is -2.04. The van der Waals surface area contributed by atoms with Gasteiger partial charge >= 0.3 is 5.97 Å². The van der Waals surface area contributed by atoms with Crippen LogP contribution in [0.25, 0.3) is 0 Å². The quantitative estimate of drug-likeness (QED) is 0.756. The lowest BCUT2D eigenvalue weighted by atomic mass is 10.2. The van der Waals surface area contributed by atoms with Crippen LogP contribution in [-0.2, 0) is 11.2 Å². The van der Waals surface area contributed by atoms with Crippen LogP contribution in [0.5, 0.6) is 0 Å². The number of carbonyl (C=O) groups is 2. The lowest BCUT2D eigenvalue weighted by Crippen LogP contribution is -2.15. The number of rotatable bonds is 4. The molecule has 2 aromatic heterocycles. The molecule has 0 aliphatic rings. The smallest absolute Gasteiger partial charge is 0.335 e. The minimum absolute atomic E-state index is 0.0835. The number of anilines is 1. The Morgan fingerprint density at radius 2 is 2.22 bits per heavy atom. The summed E-state index contributed by atoms with van der Waals surface area (Å²) in [5.74, 6) is -1.09. The second kappa shape index (κ2) is 5.13. The first kappa shape index (κ1) is 11.8. The Morgan fingerprint density at radius 3 is 2.89 bits per heavy atom. The molecule has 0 aromatic carbocycles. The van der Waals surface area contributed by atoms with Crippen molar-refractivity contribution in [2.45, 2.75) is 6.42 Å². The first-order valence-corrected chi connectivity index (χ1v) is 5.26. The number of carboxylic acids is 1. The average molecular weight is 245 g/mol. The highest BCUT2D eigenvalue weighted by molar-refractivity contribution is 5.93. The van der Waals surface area contributed by atoms with E-state index < -0.39 is 5.97 Å². The normalized spacial score (nSPS) is 10.0. The van der Waals surface area contributed by atoms with Crippen molar-refractivity contribution in [3.8, 4) is 0 Å². The van der Waals surface area contributed by atoms with E-state index in [0.29, 0.717) is 0 Å². The fourth-order valence-electron chi connectivity index (χ4n) is 1.47. The van der Waals surface area contributed by atoms with Gasteiger partial charge in [-0.3, -0.25) is 4.79 Å². The van der Waals surface area contributed by atoms with Crippen molar-refractivity contribution in [2.24, 2.45) is 0 Å². The number of carboxylic acid groups (broad SMARTS) is 1. The molecule has 0 atom stereocenters. The van der Waals surface area contributed by atoms with Crippen molar-refractivity contribution in [1.82, 2.24) is 9.97 Å². The van der Waals surface area contributed by atoms with E-state index in [0.717, 1.165) is 5.69 Å². The number of aromatic nitrogens is 2. The first-order valence-electron chi connectivity index (χ1n) is 5.26. The highest BCUT2D eigenvalue weighted by Gasteiger charge is 2.08. The molecule has 92 valence electrons. The largest absolute Gasteiger partial charge is 0.478 e. The maximum absolute atomic E-state index is 11.6. The third-order valence-corrected chi connectivity index (χ3v) is 2.29. The SMILES string of the molecule is O=C(Cc1ccc[nH]1)Nc1cc(C(=O)O)ccn1. The zero-order valence-electron chi connectivity index (χ0n) is 9.38. The predicted molar refractivity (Wildman–Crippen MR) is 64.3 cm³/mol. The van der Waals surface area contributed by atoms with Crippen LogP contribution < -0.4 is 5.32 Å². The summed E-state index contributed by atoms with van der Waals surface area (Å²) in [4.78, 5) is 29.2. The minimum atomic E-state index is -1.06. The monoisotopic (exact) mass is 245 g/mol. The zero-order valence-corrected chi connectivity index (χ0v) is 9.38. The van der Waals surface area contributed by atoms with Crippen molar-refractivity contribution < 1.29 is 14.7 Å². The molecule has 0 saturated heterocycles. The van der Waals surface area contributed by atoms with Crippen LogP contribution >= 0.6 is 0 Å². The molecule has 2 heterocycles. The minimum Gasteiger partial charge on any atom is -0.478 e. The van der Waals surface area contributed by atoms with Crippen LogP contribution in [0.1, 0.15) is 16.1 Å². The third kappa shape index (κ3) is 2.94. The number of nitrogens with zero attached hydrogens (tertiary/aromatic N) is 1. The van der Waals surface area contributed by atoms with Gasteiger partial charge in [-0.2, -0.15) is 0 Å². The number of nitrogens with one attached hydrogen (secondary N) is 2. The molecule has 3 N–H and O–H groups in total. The van der Waals surface area contributed by atoms with Gasteiger partial charge in [-0.15, -0.1) is 0 Å². The van der Waals surface area contributed by atoms with Gasteiger partial charge in [0, 0.05) is 18.1 Å². The Hall–Kier alpha value is -2.63. The molecule has 2 rings (SSSR count). The summed E-state index contributed by atoms with van der Waals surface area (Å²) in [7, 11) is 0. The Balaban J connectivity index is 2.03. The molecule has 0 radical (unpaired) electrons. The fourth-order valence-corrected chi connectivity index (χ4v) is 1.47. The van der Waals surface area contributed by atoms with Crippen molar-refractivity contribution >= 4 is 17.7 Å². The predicted octanol–water partition coefficient (Wildman–Crippen LogP) is 1.29. The summed E-state index contributed by atoms with van der Waals surface area (Å²) < 4.78 is 0. The molecule has 0 saturated carbocycles. The van der Waals surface area contributed by atoms with Gasteiger partial charge in [0.05, 0.1) is 12.0 Å². The topological polar surface area (TPSA) is 95.1 Å².